The molecule has 76 valence electrons. The van der Waals surface area contributed by atoms with Crippen LogP contribution in [0.5, 0.6) is 0 Å². The first-order valence-electron chi connectivity index (χ1n) is 4.77. The summed E-state index contributed by atoms with van der Waals surface area (Å²) in [6.07, 6.45) is 1.66. The molecule has 0 atom stereocenters. The van der Waals surface area contributed by atoms with Crippen LogP contribution in [0.2, 0.25) is 0 Å². The molecule has 0 bridgehead atoms. The van der Waals surface area contributed by atoms with Crippen LogP contribution in [0.25, 0.3) is 11.1 Å². The molecule has 1 aliphatic rings. The molecular weight excluding hydrogens is 202 g/mol. The molecule has 0 unspecified atom stereocenters. The highest BCUT2D eigenvalue weighted by Crippen LogP contribution is 2.35. The maximum atomic E-state index is 8.71. The summed E-state index contributed by atoms with van der Waals surface area (Å²) in [6.45, 7) is 0. The number of hydrogen-bond acceptors (Lipinski definition) is 5. The summed E-state index contributed by atoms with van der Waals surface area (Å²) in [4.78, 5) is 8.05. The number of hydrazine groups is 1. The molecule has 0 spiro atoms. The first-order chi connectivity index (χ1) is 7.88. The smallest absolute Gasteiger partial charge is 0.234 e. The lowest BCUT2D eigenvalue weighted by Gasteiger charge is -2.21. The number of para-hydroxylation sites is 1. The Morgan fingerprint density at radius 1 is 1.12 bits per heavy atom. The summed E-state index contributed by atoms with van der Waals surface area (Å²) in [6, 6.07) is 9.76. The van der Waals surface area contributed by atoms with Crippen LogP contribution < -0.4 is 10.9 Å². The highest BCUT2D eigenvalue weighted by atomic mass is 15.4. The minimum atomic E-state index is 0.160. The fraction of sp³-hybridized carbons (Fsp3) is 0. The number of benzene rings is 1. The van der Waals surface area contributed by atoms with Gasteiger partial charge in [0.25, 0.3) is 0 Å². The monoisotopic (exact) mass is 209 g/mol. The first-order valence-corrected chi connectivity index (χ1v) is 4.77. The Balaban J connectivity index is 2.23. The zero-order valence-electron chi connectivity index (χ0n) is 8.23. The van der Waals surface area contributed by atoms with Gasteiger partial charge in [-0.05, 0) is 6.07 Å². The molecule has 5 nitrogen and oxygen atoms in total. The Hall–Kier alpha value is -2.61. The number of nitrogens with zero attached hydrogens (tertiary/aromatic N) is 3. The number of aromatic nitrogens is 2. The van der Waals surface area contributed by atoms with Crippen molar-refractivity contribution in [1.82, 2.24) is 9.97 Å². The van der Waals surface area contributed by atoms with E-state index < -0.39 is 0 Å². The molecule has 0 saturated heterocycles. The Kier molecular flexibility index (Phi) is 1.74. The Labute approximate surface area is 91.7 Å². The van der Waals surface area contributed by atoms with E-state index in [1.54, 1.807) is 6.20 Å². The van der Waals surface area contributed by atoms with E-state index >= 15 is 0 Å². The number of rotatable bonds is 0. The molecule has 0 radical (unpaired) electrons. The van der Waals surface area contributed by atoms with Crippen LogP contribution >= 0.6 is 0 Å². The van der Waals surface area contributed by atoms with Gasteiger partial charge in [0.15, 0.2) is 5.82 Å². The van der Waals surface area contributed by atoms with Gasteiger partial charge in [-0.25, -0.2) is 4.98 Å². The van der Waals surface area contributed by atoms with Crippen molar-refractivity contribution in [3.8, 4) is 17.2 Å². The van der Waals surface area contributed by atoms with Crippen molar-refractivity contribution in [2.45, 2.75) is 0 Å². The van der Waals surface area contributed by atoms with Gasteiger partial charge in [-0.3, -0.25) is 10.9 Å². The topological polar surface area (TPSA) is 73.6 Å². The molecule has 5 heteroatoms. The van der Waals surface area contributed by atoms with Gasteiger partial charge in [-0.15, -0.1) is 0 Å². The molecule has 0 amide bonds. The standard InChI is InChI=1S/C11H7N5/c12-5-10-13-6-8-7-3-1-2-4-9(7)15-16-11(8)14-10/h1-4,6,15H,(H,13,14,16). The zero-order valence-corrected chi connectivity index (χ0v) is 8.23. The molecular formula is C11H7N5. The van der Waals surface area contributed by atoms with Crippen molar-refractivity contribution in [3.63, 3.8) is 0 Å². The molecule has 0 aliphatic carbocycles. The fourth-order valence-corrected chi connectivity index (χ4v) is 1.68. The third-order valence-corrected chi connectivity index (χ3v) is 2.42. The van der Waals surface area contributed by atoms with Gasteiger partial charge in [0.1, 0.15) is 6.07 Å². The minimum Gasteiger partial charge on any atom is -0.299 e. The van der Waals surface area contributed by atoms with Crippen LogP contribution in [0.3, 0.4) is 0 Å². The third kappa shape index (κ3) is 1.17. The van der Waals surface area contributed by atoms with Gasteiger partial charge < -0.3 is 0 Å². The van der Waals surface area contributed by atoms with Gasteiger partial charge in [0, 0.05) is 17.3 Å². The summed E-state index contributed by atoms with van der Waals surface area (Å²) in [5.41, 5.74) is 8.86. The number of hydrogen-bond donors (Lipinski definition) is 2. The molecule has 2 N–H and O–H groups in total. The van der Waals surface area contributed by atoms with Crippen LogP contribution in [-0.4, -0.2) is 9.97 Å². The highest BCUT2D eigenvalue weighted by molar-refractivity contribution is 5.88. The maximum Gasteiger partial charge on any atom is 0.234 e. The van der Waals surface area contributed by atoms with Crippen LogP contribution in [0, 0.1) is 11.3 Å². The lowest BCUT2D eigenvalue weighted by Crippen LogP contribution is -2.17. The van der Waals surface area contributed by atoms with Crippen molar-refractivity contribution in [1.29, 1.82) is 5.26 Å². The van der Waals surface area contributed by atoms with Crippen LogP contribution in [-0.2, 0) is 0 Å². The molecule has 2 heterocycles. The van der Waals surface area contributed by atoms with Crippen molar-refractivity contribution in [3.05, 3.63) is 36.3 Å². The Morgan fingerprint density at radius 2 is 2.00 bits per heavy atom. The Bertz CT molecular complexity index is 600. The van der Waals surface area contributed by atoms with E-state index in [4.69, 9.17) is 5.26 Å². The van der Waals surface area contributed by atoms with Crippen LogP contribution in [0.1, 0.15) is 5.82 Å². The van der Waals surface area contributed by atoms with Gasteiger partial charge in [-0.1, -0.05) is 18.2 Å². The summed E-state index contributed by atoms with van der Waals surface area (Å²) < 4.78 is 0. The average molecular weight is 209 g/mol. The van der Waals surface area contributed by atoms with E-state index in [1.165, 1.54) is 0 Å². The van der Waals surface area contributed by atoms with E-state index in [0.717, 1.165) is 16.8 Å². The first kappa shape index (κ1) is 8.68. The number of nitriles is 1. The molecule has 3 rings (SSSR count). The third-order valence-electron chi connectivity index (χ3n) is 2.42. The number of fused-ring (bicyclic) bond motifs is 3. The predicted octanol–water partition coefficient (Wildman–Crippen LogP) is 1.77. The van der Waals surface area contributed by atoms with Crippen molar-refractivity contribution < 1.29 is 0 Å². The van der Waals surface area contributed by atoms with E-state index in [9.17, 15) is 0 Å². The van der Waals surface area contributed by atoms with E-state index in [1.807, 2.05) is 30.3 Å². The molecule has 0 fully saturated rings. The second kappa shape index (κ2) is 3.21. The normalized spacial score (nSPS) is 11.4. The van der Waals surface area contributed by atoms with E-state index in [2.05, 4.69) is 20.8 Å². The molecule has 1 aromatic carbocycles. The van der Waals surface area contributed by atoms with Crippen molar-refractivity contribution >= 4 is 11.5 Å². The van der Waals surface area contributed by atoms with E-state index in [0.29, 0.717) is 5.82 Å². The van der Waals surface area contributed by atoms with E-state index in [-0.39, 0.29) is 5.82 Å². The Morgan fingerprint density at radius 3 is 2.88 bits per heavy atom. The summed E-state index contributed by atoms with van der Waals surface area (Å²) >= 11 is 0. The number of nitrogens with one attached hydrogen (secondary N) is 2. The van der Waals surface area contributed by atoms with Crippen molar-refractivity contribution in [2.75, 3.05) is 10.9 Å². The molecule has 1 aliphatic heterocycles. The quantitative estimate of drug-likeness (QED) is 0.691. The van der Waals surface area contributed by atoms with Gasteiger partial charge in [0.2, 0.25) is 5.82 Å². The summed E-state index contributed by atoms with van der Waals surface area (Å²) in [5.74, 6) is 0.790. The zero-order chi connectivity index (χ0) is 11.0. The largest absolute Gasteiger partial charge is 0.299 e. The van der Waals surface area contributed by atoms with Crippen LogP contribution in [0.15, 0.2) is 30.5 Å². The number of anilines is 2. The lowest BCUT2D eigenvalue weighted by atomic mass is 10.0. The molecule has 0 saturated carbocycles. The average Bonchev–Trinajstić information content (AvgIpc) is 2.38. The molecule has 2 aromatic rings. The molecule has 16 heavy (non-hydrogen) atoms. The predicted molar refractivity (Wildman–Crippen MR) is 59.4 cm³/mol. The SMILES string of the molecule is N#Cc1ncc2c(n1)NNc1ccccc1-2. The lowest BCUT2D eigenvalue weighted by molar-refractivity contribution is 1.10. The highest BCUT2D eigenvalue weighted by Gasteiger charge is 2.16. The minimum absolute atomic E-state index is 0.160. The second-order valence-electron chi connectivity index (χ2n) is 3.36. The van der Waals surface area contributed by atoms with Gasteiger partial charge in [0.05, 0.1) is 5.69 Å². The second-order valence-corrected chi connectivity index (χ2v) is 3.36. The van der Waals surface area contributed by atoms with Crippen molar-refractivity contribution in [2.24, 2.45) is 0 Å². The van der Waals surface area contributed by atoms with Gasteiger partial charge >= 0.3 is 0 Å². The summed E-state index contributed by atoms with van der Waals surface area (Å²) in [7, 11) is 0. The van der Waals surface area contributed by atoms with Gasteiger partial charge in [-0.2, -0.15) is 10.2 Å². The van der Waals surface area contributed by atoms with Crippen LogP contribution in [0.4, 0.5) is 11.5 Å². The molecule has 1 aromatic heterocycles. The summed E-state index contributed by atoms with van der Waals surface area (Å²) in [5, 5.41) is 8.71. The fourth-order valence-electron chi connectivity index (χ4n) is 1.68. The maximum absolute atomic E-state index is 8.71.